The molecule has 32 heavy (non-hydrogen) atoms. The molecule has 164 valence electrons. The summed E-state index contributed by atoms with van der Waals surface area (Å²) in [7, 11) is 1.64. The second-order valence-electron chi connectivity index (χ2n) is 7.74. The zero-order chi connectivity index (χ0) is 22.5. The van der Waals surface area contributed by atoms with Gasteiger partial charge in [-0.25, -0.2) is 4.99 Å². The molecule has 0 fully saturated rings. The summed E-state index contributed by atoms with van der Waals surface area (Å²) in [5.41, 5.74) is 7.71. The minimum Gasteiger partial charge on any atom is -0.494 e. The van der Waals surface area contributed by atoms with Crippen molar-refractivity contribution in [1.82, 2.24) is 9.97 Å². The highest BCUT2D eigenvalue weighted by Crippen LogP contribution is 2.28. The number of carbonyl (C=O) groups excluding carboxylic acids is 1. The average molecular weight is 430 g/mol. The highest BCUT2D eigenvalue weighted by Gasteiger charge is 2.19. The predicted molar refractivity (Wildman–Crippen MR) is 125 cm³/mol. The summed E-state index contributed by atoms with van der Waals surface area (Å²) in [4.78, 5) is 23.7. The van der Waals surface area contributed by atoms with E-state index in [4.69, 9.17) is 14.5 Å². The van der Waals surface area contributed by atoms with E-state index in [-0.39, 0.29) is 5.97 Å². The molecule has 1 aliphatic heterocycles. The number of esters is 1. The number of rotatable bonds is 8. The Morgan fingerprint density at radius 3 is 2.66 bits per heavy atom. The minimum absolute atomic E-state index is 0.212. The Morgan fingerprint density at radius 2 is 1.94 bits per heavy atom. The van der Waals surface area contributed by atoms with Crippen molar-refractivity contribution in [3.8, 4) is 0 Å². The van der Waals surface area contributed by atoms with Crippen LogP contribution in [0, 0.1) is 13.8 Å². The van der Waals surface area contributed by atoms with E-state index in [2.05, 4.69) is 16.9 Å². The molecule has 0 radical (unpaired) electrons. The molecule has 2 aromatic heterocycles. The third-order valence-corrected chi connectivity index (χ3v) is 5.62. The molecule has 1 aromatic carbocycles. The van der Waals surface area contributed by atoms with Crippen molar-refractivity contribution in [2.45, 2.75) is 33.3 Å². The van der Waals surface area contributed by atoms with Crippen molar-refractivity contribution in [3.05, 3.63) is 100.0 Å². The van der Waals surface area contributed by atoms with Gasteiger partial charge in [-0.3, -0.25) is 4.79 Å². The van der Waals surface area contributed by atoms with Crippen LogP contribution in [0.15, 0.2) is 71.2 Å². The highest BCUT2D eigenvalue weighted by atomic mass is 16.5. The second-order valence-corrected chi connectivity index (χ2v) is 7.74. The maximum atomic E-state index is 12.3. The van der Waals surface area contributed by atoms with Gasteiger partial charge in [-0.05, 0) is 55.2 Å². The van der Waals surface area contributed by atoms with Gasteiger partial charge in [-0.15, -0.1) is 0 Å². The van der Waals surface area contributed by atoms with E-state index in [1.807, 2.05) is 67.7 Å². The first-order chi connectivity index (χ1) is 15.5. The lowest BCUT2D eigenvalue weighted by Gasteiger charge is -2.07. The van der Waals surface area contributed by atoms with Crippen LogP contribution in [0.2, 0.25) is 0 Å². The van der Waals surface area contributed by atoms with Gasteiger partial charge in [0.1, 0.15) is 18.1 Å². The molecule has 0 aliphatic carbocycles. The van der Waals surface area contributed by atoms with Gasteiger partial charge in [-0.2, -0.15) is 0 Å². The largest absolute Gasteiger partial charge is 0.494 e. The summed E-state index contributed by atoms with van der Waals surface area (Å²) < 4.78 is 11.0. The monoisotopic (exact) mass is 429 g/mol. The van der Waals surface area contributed by atoms with Gasteiger partial charge in [0.2, 0.25) is 0 Å². The normalized spacial score (nSPS) is 14.4. The summed E-state index contributed by atoms with van der Waals surface area (Å²) in [5.74, 6) is 0.490. The molecular formula is C26H27N3O3. The van der Waals surface area contributed by atoms with Crippen LogP contribution in [0.1, 0.15) is 40.2 Å². The average Bonchev–Trinajstić information content (AvgIpc) is 3.53. The molecule has 0 bridgehead atoms. The van der Waals surface area contributed by atoms with Gasteiger partial charge in [0.25, 0.3) is 0 Å². The lowest BCUT2D eigenvalue weighted by molar-refractivity contribution is -0.144. The molecule has 0 atom stereocenters. The Kier molecular flexibility index (Phi) is 6.40. The summed E-state index contributed by atoms with van der Waals surface area (Å²) in [6, 6.07) is 13.6. The summed E-state index contributed by atoms with van der Waals surface area (Å²) >= 11 is 0. The number of benzene rings is 1. The molecule has 2 N–H and O–H groups in total. The number of carbonyl (C=O) groups is 1. The molecule has 0 saturated carbocycles. The lowest BCUT2D eigenvalue weighted by Crippen LogP contribution is -2.06. The lowest BCUT2D eigenvalue weighted by atomic mass is 10.0. The summed E-state index contributed by atoms with van der Waals surface area (Å²) in [6.07, 6.45) is 6.66. The fourth-order valence-electron chi connectivity index (χ4n) is 3.73. The van der Waals surface area contributed by atoms with Gasteiger partial charge < -0.3 is 19.4 Å². The van der Waals surface area contributed by atoms with E-state index in [1.54, 1.807) is 7.11 Å². The smallest absolute Gasteiger partial charge is 0.306 e. The van der Waals surface area contributed by atoms with Crippen molar-refractivity contribution in [2.75, 3.05) is 7.11 Å². The fourth-order valence-corrected chi connectivity index (χ4v) is 3.73. The number of nitrogens with one attached hydrogen (secondary N) is 2. The number of aliphatic imine (C=N–C) groups is 1. The number of methoxy groups -OCH3 is 1. The SMILES string of the molecule is COC1=CC(c2ccc[nH]2)=N/C1=C\c1[nH]c(C)c(C)c1CCC(=O)OCc1ccccc1. The number of nitrogens with zero attached hydrogens (tertiary/aromatic N) is 1. The van der Waals surface area contributed by atoms with E-state index in [1.165, 1.54) is 0 Å². The number of H-pyrrole nitrogens is 2. The predicted octanol–water partition coefficient (Wildman–Crippen LogP) is 5.01. The van der Waals surface area contributed by atoms with E-state index >= 15 is 0 Å². The van der Waals surface area contributed by atoms with E-state index in [0.717, 1.165) is 45.2 Å². The maximum absolute atomic E-state index is 12.3. The Hall–Kier alpha value is -3.80. The van der Waals surface area contributed by atoms with Crippen molar-refractivity contribution in [1.29, 1.82) is 0 Å². The molecule has 0 saturated heterocycles. The van der Waals surface area contributed by atoms with Gasteiger partial charge in [-0.1, -0.05) is 30.3 Å². The van der Waals surface area contributed by atoms with Crippen LogP contribution in [0.3, 0.4) is 0 Å². The van der Waals surface area contributed by atoms with Crippen LogP contribution in [-0.2, 0) is 27.3 Å². The summed E-state index contributed by atoms with van der Waals surface area (Å²) in [6.45, 7) is 4.39. The van der Waals surface area contributed by atoms with Gasteiger partial charge in [0, 0.05) is 30.1 Å². The first-order valence-corrected chi connectivity index (χ1v) is 10.6. The third-order valence-electron chi connectivity index (χ3n) is 5.62. The number of hydrogen-bond acceptors (Lipinski definition) is 4. The second kappa shape index (κ2) is 9.56. The molecule has 3 aromatic rings. The van der Waals surface area contributed by atoms with Crippen LogP contribution in [-0.4, -0.2) is 28.8 Å². The van der Waals surface area contributed by atoms with Crippen LogP contribution in [0.25, 0.3) is 6.08 Å². The number of ether oxygens (including phenoxy) is 2. The molecule has 0 unspecified atom stereocenters. The quantitative estimate of drug-likeness (QED) is 0.494. The molecule has 4 rings (SSSR count). The number of aromatic nitrogens is 2. The number of aromatic amines is 2. The molecule has 6 nitrogen and oxygen atoms in total. The molecule has 1 aliphatic rings. The maximum Gasteiger partial charge on any atom is 0.306 e. The molecule has 6 heteroatoms. The third kappa shape index (κ3) is 4.75. The van der Waals surface area contributed by atoms with E-state index in [9.17, 15) is 4.79 Å². The molecule has 3 heterocycles. The number of allylic oxidation sites excluding steroid dienone is 1. The Bertz CT molecular complexity index is 1180. The standard InChI is InChI=1S/C26H27N3O3/c1-17-18(2)28-22(14-24-25(31-3)15-23(29-24)21-10-7-13-27-21)20(17)11-12-26(30)32-16-19-8-5-4-6-9-19/h4-10,13-15,27-28H,11-12,16H2,1-3H3/b24-14-. The number of aryl methyl sites for hydroxylation is 1. The summed E-state index contributed by atoms with van der Waals surface area (Å²) in [5, 5.41) is 0. The Balaban J connectivity index is 1.49. The van der Waals surface area contributed by atoms with Crippen LogP contribution < -0.4 is 0 Å². The van der Waals surface area contributed by atoms with Crippen LogP contribution >= 0.6 is 0 Å². The van der Waals surface area contributed by atoms with Gasteiger partial charge in [0.15, 0.2) is 0 Å². The van der Waals surface area contributed by atoms with Crippen LogP contribution in [0.4, 0.5) is 0 Å². The van der Waals surface area contributed by atoms with E-state index < -0.39 is 0 Å². The highest BCUT2D eigenvalue weighted by molar-refractivity contribution is 6.11. The van der Waals surface area contributed by atoms with Crippen molar-refractivity contribution in [2.24, 2.45) is 4.99 Å². The first kappa shape index (κ1) is 21.4. The Labute approximate surface area is 187 Å². The first-order valence-electron chi connectivity index (χ1n) is 10.6. The fraction of sp³-hybridized carbons (Fsp3) is 0.231. The van der Waals surface area contributed by atoms with Crippen molar-refractivity contribution < 1.29 is 14.3 Å². The molecule has 0 spiro atoms. The minimum atomic E-state index is -0.212. The molecule has 0 amide bonds. The van der Waals surface area contributed by atoms with Crippen molar-refractivity contribution >= 4 is 17.8 Å². The zero-order valence-corrected chi connectivity index (χ0v) is 18.6. The molecular weight excluding hydrogens is 402 g/mol. The van der Waals surface area contributed by atoms with Gasteiger partial charge >= 0.3 is 5.97 Å². The van der Waals surface area contributed by atoms with Crippen molar-refractivity contribution in [3.63, 3.8) is 0 Å². The van der Waals surface area contributed by atoms with Gasteiger partial charge in [0.05, 0.1) is 18.5 Å². The van der Waals surface area contributed by atoms with Crippen LogP contribution in [0.5, 0.6) is 0 Å². The zero-order valence-electron chi connectivity index (χ0n) is 18.6. The Morgan fingerprint density at radius 1 is 1.12 bits per heavy atom. The number of hydrogen-bond donors (Lipinski definition) is 2. The topological polar surface area (TPSA) is 79.5 Å². The van der Waals surface area contributed by atoms with E-state index in [0.29, 0.717) is 25.2 Å².